The van der Waals surface area contributed by atoms with E-state index in [0.29, 0.717) is 39.8 Å². The minimum atomic E-state index is -1.28. The number of benzene rings is 3. The first-order valence-electron chi connectivity index (χ1n) is 13.6. The van der Waals surface area contributed by atoms with Gasteiger partial charge in [0.15, 0.2) is 12.0 Å². The average molecular weight is 535 g/mol. The molecule has 0 saturated heterocycles. The lowest BCUT2D eigenvalue weighted by Gasteiger charge is -2.13. The van der Waals surface area contributed by atoms with Gasteiger partial charge in [-0.2, -0.15) is 0 Å². The molecule has 0 saturated carbocycles. The monoisotopic (exact) mass is 534 g/mol. The first-order valence-corrected chi connectivity index (χ1v) is 13.6. The second kappa shape index (κ2) is 15.8. The molecule has 0 spiro atoms. The van der Waals surface area contributed by atoms with E-state index in [1.54, 1.807) is 74.5 Å². The van der Waals surface area contributed by atoms with Crippen LogP contribution < -0.4 is 10.5 Å². The Morgan fingerprint density at radius 3 is 2.31 bits per heavy atom. The molecule has 0 bridgehead atoms. The number of unbranched alkanes of at least 4 members (excludes halogenated alkanes) is 3. The fraction of sp³-hybridized carbons (Fsp3) is 0.394. The molecule has 0 aliphatic rings. The van der Waals surface area contributed by atoms with E-state index < -0.39 is 6.17 Å². The van der Waals surface area contributed by atoms with E-state index in [1.165, 1.54) is 39.0 Å². The number of nitrogens with two attached hydrogens (primary N) is 1. The number of hydrogen-bond donors (Lipinski definition) is 3. The highest BCUT2D eigenvalue weighted by Gasteiger charge is 2.15. The summed E-state index contributed by atoms with van der Waals surface area (Å²) in [5, 5.41) is 17.9. The number of phenols is 1. The maximum absolute atomic E-state index is 14.9. The number of alkyl halides is 1. The largest absolute Gasteiger partial charge is 0.507 e. The zero-order valence-electron chi connectivity index (χ0n) is 23.9. The summed E-state index contributed by atoms with van der Waals surface area (Å²) in [6.07, 6.45) is 5.27. The van der Waals surface area contributed by atoms with Crippen molar-refractivity contribution in [2.75, 3.05) is 0 Å². The summed E-state index contributed by atoms with van der Waals surface area (Å²) in [6.45, 7) is 9.32. The van der Waals surface area contributed by atoms with Gasteiger partial charge in [-0.1, -0.05) is 75.1 Å². The van der Waals surface area contributed by atoms with Gasteiger partial charge >= 0.3 is 0 Å². The maximum Gasteiger partial charge on any atom is 0.163 e. The Hall–Kier alpha value is -3.51. The van der Waals surface area contributed by atoms with Crippen molar-refractivity contribution in [3.63, 3.8) is 0 Å². The molecule has 0 heterocycles. The predicted octanol–water partition coefficient (Wildman–Crippen LogP) is 8.23. The van der Waals surface area contributed by atoms with Crippen LogP contribution in [0.2, 0.25) is 0 Å². The minimum absolute atomic E-state index is 0.0713. The van der Waals surface area contributed by atoms with Gasteiger partial charge in [0.1, 0.15) is 18.1 Å². The van der Waals surface area contributed by atoms with Gasteiger partial charge in [0.25, 0.3) is 0 Å². The molecule has 3 aromatic carbocycles. The van der Waals surface area contributed by atoms with Gasteiger partial charge in [-0.3, -0.25) is 4.79 Å². The van der Waals surface area contributed by atoms with Gasteiger partial charge in [0.2, 0.25) is 0 Å². The molecule has 3 rings (SSSR count). The van der Waals surface area contributed by atoms with Gasteiger partial charge < -0.3 is 21.0 Å². The Morgan fingerprint density at radius 2 is 1.72 bits per heavy atom. The van der Waals surface area contributed by atoms with E-state index >= 15 is 0 Å². The van der Waals surface area contributed by atoms with Crippen molar-refractivity contribution in [2.24, 2.45) is 5.73 Å². The number of phenolic OH excluding ortho intramolecular Hbond substituents is 1. The molecule has 6 heteroatoms. The summed E-state index contributed by atoms with van der Waals surface area (Å²) in [5.74, 6) is 0.210. The summed E-state index contributed by atoms with van der Waals surface area (Å²) < 4.78 is 20.7. The van der Waals surface area contributed by atoms with Crippen LogP contribution in [0, 0.1) is 12.3 Å². The summed E-state index contributed by atoms with van der Waals surface area (Å²) in [7, 11) is 0. The molecule has 2 atom stereocenters. The third-order valence-electron chi connectivity index (χ3n) is 6.55. The molecule has 0 amide bonds. The zero-order valence-corrected chi connectivity index (χ0v) is 23.9. The van der Waals surface area contributed by atoms with E-state index in [9.17, 15) is 14.3 Å². The molecule has 0 radical (unpaired) electrons. The van der Waals surface area contributed by atoms with Crippen molar-refractivity contribution in [1.29, 1.82) is 5.41 Å². The number of ketones is 1. The van der Waals surface area contributed by atoms with Crippen LogP contribution in [0.4, 0.5) is 4.39 Å². The van der Waals surface area contributed by atoms with Crippen LogP contribution in [0.1, 0.15) is 104 Å². The van der Waals surface area contributed by atoms with Gasteiger partial charge in [-0.15, -0.1) is 0 Å². The van der Waals surface area contributed by atoms with Crippen molar-refractivity contribution >= 4 is 11.5 Å². The number of nitrogens with one attached hydrogen (secondary N) is 1. The Labute approximate surface area is 232 Å². The van der Waals surface area contributed by atoms with Crippen LogP contribution in [0.25, 0.3) is 0 Å². The van der Waals surface area contributed by atoms with Crippen LogP contribution in [0.3, 0.4) is 0 Å². The zero-order chi connectivity index (χ0) is 28.9. The van der Waals surface area contributed by atoms with Gasteiger partial charge in [-0.05, 0) is 74.6 Å². The number of rotatable bonds is 12. The molecule has 39 heavy (non-hydrogen) atoms. The number of hydrogen-bond acceptors (Lipinski definition) is 5. The molecule has 0 fully saturated rings. The molecule has 0 aromatic heterocycles. The third-order valence-corrected chi connectivity index (χ3v) is 6.55. The van der Waals surface area contributed by atoms with Crippen LogP contribution in [-0.2, 0) is 6.61 Å². The number of carbonyl (C=O) groups is 1. The van der Waals surface area contributed by atoms with Gasteiger partial charge in [0, 0.05) is 17.3 Å². The number of Topliss-reactive ketones (excluding diaryl/α,β-unsaturated/α-hetero) is 1. The van der Waals surface area contributed by atoms with E-state index in [1.807, 2.05) is 0 Å². The number of carbonyl (C=O) groups excluding carboxylic acids is 1. The highest BCUT2D eigenvalue weighted by molar-refractivity contribution is 5.97. The first-order chi connectivity index (χ1) is 18.5. The summed E-state index contributed by atoms with van der Waals surface area (Å²) in [5.41, 5.74) is 9.34. The standard InChI is InChI=1S/C25H24FNO3.C8H19N/c1-15-23(12-11-22(17(3)28)25(15)29)30-14-18-7-9-19(10-8-18)24(26)21-6-4-5-20(13-21)16(2)27;1-3-4-5-6-7-8(2)9/h4-13,24,27,29H,14H2,1-3H3;8H,3-7,9H2,1-2H3. The van der Waals surface area contributed by atoms with Gasteiger partial charge in [0.05, 0.1) is 5.56 Å². The van der Waals surface area contributed by atoms with Gasteiger partial charge in [-0.25, -0.2) is 4.39 Å². The quantitative estimate of drug-likeness (QED) is 0.124. The number of ether oxygens (including phenoxy) is 1. The first kappa shape index (κ1) is 31.7. The molecule has 5 nitrogen and oxygen atoms in total. The Bertz CT molecular complexity index is 1220. The minimum Gasteiger partial charge on any atom is -0.507 e. The van der Waals surface area contributed by atoms with Crippen molar-refractivity contribution in [1.82, 2.24) is 0 Å². The van der Waals surface area contributed by atoms with Crippen LogP contribution in [0.15, 0.2) is 60.7 Å². The average Bonchev–Trinajstić information content (AvgIpc) is 2.92. The second-order valence-corrected chi connectivity index (χ2v) is 10.1. The summed E-state index contributed by atoms with van der Waals surface area (Å²) >= 11 is 0. The lowest BCUT2D eigenvalue weighted by Crippen LogP contribution is -2.13. The smallest absolute Gasteiger partial charge is 0.163 e. The molecular weight excluding hydrogens is 491 g/mol. The van der Waals surface area contributed by atoms with E-state index in [4.69, 9.17) is 15.9 Å². The predicted molar refractivity (Wildman–Crippen MR) is 158 cm³/mol. The van der Waals surface area contributed by atoms with Crippen LogP contribution >= 0.6 is 0 Å². The normalized spacial score (nSPS) is 12.2. The maximum atomic E-state index is 14.9. The Kier molecular flexibility index (Phi) is 12.8. The third kappa shape index (κ3) is 9.95. The van der Waals surface area contributed by atoms with Crippen molar-refractivity contribution in [3.05, 3.63) is 94.0 Å². The molecule has 0 aliphatic carbocycles. The molecule has 210 valence electrons. The molecule has 4 N–H and O–H groups in total. The molecular formula is C33H43FN2O3. The number of halogens is 1. The molecule has 0 aliphatic heterocycles. The summed E-state index contributed by atoms with van der Waals surface area (Å²) in [6, 6.07) is 17.6. The highest BCUT2D eigenvalue weighted by atomic mass is 19.1. The van der Waals surface area contributed by atoms with Crippen molar-refractivity contribution in [3.8, 4) is 11.5 Å². The number of aromatic hydroxyl groups is 1. The fourth-order valence-electron chi connectivity index (χ4n) is 4.08. The van der Waals surface area contributed by atoms with Crippen LogP contribution in [0.5, 0.6) is 11.5 Å². The fourth-order valence-corrected chi connectivity index (χ4v) is 4.08. The molecule has 2 unspecified atom stereocenters. The molecule has 3 aromatic rings. The van der Waals surface area contributed by atoms with E-state index in [-0.39, 0.29) is 23.7 Å². The van der Waals surface area contributed by atoms with Crippen molar-refractivity contribution in [2.45, 2.75) is 85.5 Å². The highest BCUT2D eigenvalue weighted by Crippen LogP contribution is 2.32. The Morgan fingerprint density at radius 1 is 1.03 bits per heavy atom. The lowest BCUT2D eigenvalue weighted by atomic mass is 9.99. The van der Waals surface area contributed by atoms with E-state index in [2.05, 4.69) is 13.8 Å². The van der Waals surface area contributed by atoms with Crippen LogP contribution in [-0.4, -0.2) is 22.6 Å². The second-order valence-electron chi connectivity index (χ2n) is 10.1. The Balaban J connectivity index is 0.000000510. The topological polar surface area (TPSA) is 96.4 Å². The summed E-state index contributed by atoms with van der Waals surface area (Å²) in [4.78, 5) is 11.5. The van der Waals surface area contributed by atoms with Crippen molar-refractivity contribution < 1.29 is 19.0 Å². The SMILES string of the molecule is CC(=N)c1cccc(C(F)c2ccc(COc3ccc(C(C)=O)c(O)c3C)cc2)c1.CCCCCCC(C)N. The lowest BCUT2D eigenvalue weighted by molar-refractivity contribution is 0.101. The van der Waals surface area contributed by atoms with E-state index in [0.717, 1.165) is 5.56 Å².